The van der Waals surface area contributed by atoms with E-state index in [9.17, 15) is 4.79 Å². The molecule has 0 fully saturated rings. The Kier molecular flexibility index (Phi) is 3.11. The number of cyclic esters (lactones) is 1. The van der Waals surface area contributed by atoms with Crippen molar-refractivity contribution in [2.24, 2.45) is 0 Å². The average Bonchev–Trinajstić information content (AvgIpc) is 2.61. The Morgan fingerprint density at radius 1 is 1.33 bits per heavy atom. The van der Waals surface area contributed by atoms with E-state index in [1.54, 1.807) is 0 Å². The molecule has 1 aliphatic rings. The molecule has 0 aliphatic carbocycles. The molecule has 3 heteroatoms. The second-order valence-corrected chi connectivity index (χ2v) is 4.41. The van der Waals surface area contributed by atoms with Crippen LogP contribution in [0.15, 0.2) is 46.2 Å². The summed E-state index contributed by atoms with van der Waals surface area (Å²) < 4.78 is 5.14. The predicted octanol–water partition coefficient (Wildman–Crippen LogP) is 3.00. The van der Waals surface area contributed by atoms with Crippen LogP contribution in [0, 0.1) is 0 Å². The highest BCUT2D eigenvalue weighted by Crippen LogP contribution is 2.31. The minimum atomic E-state index is -0.198. The fourth-order valence-corrected chi connectivity index (χ4v) is 2.26. The predicted molar refractivity (Wildman–Crippen MR) is 60.6 cm³/mol. The molecule has 15 heavy (non-hydrogen) atoms. The fourth-order valence-electron chi connectivity index (χ4n) is 1.36. The van der Waals surface area contributed by atoms with Gasteiger partial charge >= 0.3 is 5.97 Å². The molecule has 1 aliphatic heterocycles. The molecule has 1 aromatic carbocycles. The van der Waals surface area contributed by atoms with Gasteiger partial charge in [0.15, 0.2) is 0 Å². The zero-order chi connectivity index (χ0) is 10.7. The summed E-state index contributed by atoms with van der Waals surface area (Å²) in [6.45, 7) is 2.00. The van der Waals surface area contributed by atoms with Gasteiger partial charge in [0, 0.05) is 4.90 Å². The van der Waals surface area contributed by atoms with Gasteiger partial charge in [-0.2, -0.15) is 0 Å². The first-order valence-electron chi connectivity index (χ1n) is 4.95. The minimum absolute atomic E-state index is 0.0382. The van der Waals surface area contributed by atoms with E-state index in [0.29, 0.717) is 4.91 Å². The zero-order valence-electron chi connectivity index (χ0n) is 8.47. The van der Waals surface area contributed by atoms with Crippen LogP contribution in [0.3, 0.4) is 0 Å². The fraction of sp³-hybridized carbons (Fsp3) is 0.250. The minimum Gasteiger partial charge on any atom is -0.454 e. The molecule has 1 atom stereocenters. The number of carbonyl (C=O) groups excluding carboxylic acids is 1. The van der Waals surface area contributed by atoms with Crippen molar-refractivity contribution in [1.82, 2.24) is 0 Å². The van der Waals surface area contributed by atoms with E-state index in [1.165, 1.54) is 11.8 Å². The SMILES string of the molecule is CCC1C=C(Sc2ccccc2)C(=O)O1. The van der Waals surface area contributed by atoms with Crippen LogP contribution in [0.2, 0.25) is 0 Å². The van der Waals surface area contributed by atoms with Crippen molar-refractivity contribution < 1.29 is 9.53 Å². The molecule has 2 nitrogen and oxygen atoms in total. The van der Waals surface area contributed by atoms with Crippen molar-refractivity contribution in [3.8, 4) is 0 Å². The number of hydrogen-bond donors (Lipinski definition) is 0. The van der Waals surface area contributed by atoms with E-state index in [0.717, 1.165) is 11.3 Å². The molecule has 0 amide bonds. The quantitative estimate of drug-likeness (QED) is 0.732. The highest BCUT2D eigenvalue weighted by Gasteiger charge is 2.24. The number of esters is 1. The number of hydrogen-bond acceptors (Lipinski definition) is 3. The lowest BCUT2D eigenvalue weighted by atomic mass is 10.3. The van der Waals surface area contributed by atoms with Gasteiger partial charge in [-0.05, 0) is 24.6 Å². The number of rotatable bonds is 3. The van der Waals surface area contributed by atoms with Gasteiger partial charge < -0.3 is 4.74 Å². The maximum atomic E-state index is 11.4. The zero-order valence-corrected chi connectivity index (χ0v) is 9.29. The molecule has 2 rings (SSSR count). The van der Waals surface area contributed by atoms with E-state index in [4.69, 9.17) is 4.74 Å². The second-order valence-electron chi connectivity index (χ2n) is 3.30. The van der Waals surface area contributed by atoms with Crippen LogP contribution in [0.25, 0.3) is 0 Å². The number of carbonyl (C=O) groups is 1. The van der Waals surface area contributed by atoms with Gasteiger partial charge in [0.1, 0.15) is 6.10 Å². The summed E-state index contributed by atoms with van der Waals surface area (Å²) in [7, 11) is 0. The summed E-state index contributed by atoms with van der Waals surface area (Å²) >= 11 is 1.46. The Bertz CT molecular complexity index is 384. The summed E-state index contributed by atoms with van der Waals surface area (Å²) in [5.74, 6) is -0.198. The molecule has 1 unspecified atom stereocenters. The number of ether oxygens (including phenoxy) is 1. The summed E-state index contributed by atoms with van der Waals surface area (Å²) in [6, 6.07) is 9.84. The van der Waals surface area contributed by atoms with Crippen molar-refractivity contribution in [2.75, 3.05) is 0 Å². The molecule has 0 bridgehead atoms. The van der Waals surface area contributed by atoms with E-state index in [-0.39, 0.29) is 12.1 Å². The van der Waals surface area contributed by atoms with Gasteiger partial charge in [-0.15, -0.1) is 0 Å². The third-order valence-electron chi connectivity index (χ3n) is 2.17. The van der Waals surface area contributed by atoms with Crippen LogP contribution in [0.1, 0.15) is 13.3 Å². The Morgan fingerprint density at radius 3 is 2.67 bits per heavy atom. The van der Waals surface area contributed by atoms with Gasteiger partial charge in [0.2, 0.25) is 0 Å². The van der Waals surface area contributed by atoms with Crippen LogP contribution in [0.4, 0.5) is 0 Å². The topological polar surface area (TPSA) is 26.3 Å². The molecule has 1 heterocycles. The second kappa shape index (κ2) is 4.53. The first-order valence-corrected chi connectivity index (χ1v) is 5.77. The van der Waals surface area contributed by atoms with E-state index >= 15 is 0 Å². The van der Waals surface area contributed by atoms with Crippen LogP contribution >= 0.6 is 11.8 Å². The Balaban J connectivity index is 2.10. The van der Waals surface area contributed by atoms with Crippen molar-refractivity contribution in [2.45, 2.75) is 24.3 Å². The molecule has 0 saturated heterocycles. The van der Waals surface area contributed by atoms with Crippen molar-refractivity contribution in [1.29, 1.82) is 0 Å². The van der Waals surface area contributed by atoms with Gasteiger partial charge in [0.25, 0.3) is 0 Å². The standard InChI is InChI=1S/C12H12O2S/c1-2-9-8-11(12(13)14-9)15-10-6-4-3-5-7-10/h3-9H,2H2,1H3. The lowest BCUT2D eigenvalue weighted by Gasteiger charge is -2.02. The Labute approximate surface area is 93.3 Å². The molecule has 0 radical (unpaired) electrons. The lowest BCUT2D eigenvalue weighted by Crippen LogP contribution is -2.05. The first kappa shape index (κ1) is 10.3. The van der Waals surface area contributed by atoms with Gasteiger partial charge in [-0.25, -0.2) is 4.79 Å². The number of benzene rings is 1. The van der Waals surface area contributed by atoms with Crippen LogP contribution < -0.4 is 0 Å². The summed E-state index contributed by atoms with van der Waals surface area (Å²) in [6.07, 6.45) is 2.70. The summed E-state index contributed by atoms with van der Waals surface area (Å²) in [5, 5.41) is 0. The number of thioether (sulfide) groups is 1. The van der Waals surface area contributed by atoms with Crippen molar-refractivity contribution >= 4 is 17.7 Å². The summed E-state index contributed by atoms with van der Waals surface area (Å²) in [4.78, 5) is 13.2. The van der Waals surface area contributed by atoms with E-state index in [2.05, 4.69) is 0 Å². The van der Waals surface area contributed by atoms with Crippen LogP contribution in [-0.2, 0) is 9.53 Å². The van der Waals surface area contributed by atoms with Gasteiger partial charge in [-0.3, -0.25) is 0 Å². The average molecular weight is 220 g/mol. The first-order chi connectivity index (χ1) is 7.29. The van der Waals surface area contributed by atoms with E-state index < -0.39 is 0 Å². The Morgan fingerprint density at radius 2 is 2.07 bits per heavy atom. The lowest BCUT2D eigenvalue weighted by molar-refractivity contribution is -0.138. The van der Waals surface area contributed by atoms with Gasteiger partial charge in [-0.1, -0.05) is 36.9 Å². The summed E-state index contributed by atoms with van der Waals surface area (Å²) in [5.41, 5.74) is 0. The van der Waals surface area contributed by atoms with Crippen LogP contribution in [0.5, 0.6) is 0 Å². The molecule has 0 aromatic heterocycles. The largest absolute Gasteiger partial charge is 0.454 e. The van der Waals surface area contributed by atoms with Crippen LogP contribution in [-0.4, -0.2) is 12.1 Å². The Hall–Kier alpha value is -1.22. The normalized spacial score (nSPS) is 19.9. The molecule has 78 valence electrons. The molecule has 0 N–H and O–H groups in total. The van der Waals surface area contributed by atoms with E-state index in [1.807, 2.05) is 43.3 Å². The highest BCUT2D eigenvalue weighted by molar-refractivity contribution is 8.04. The third kappa shape index (κ3) is 2.42. The molecule has 0 saturated carbocycles. The van der Waals surface area contributed by atoms with Crippen molar-refractivity contribution in [3.63, 3.8) is 0 Å². The monoisotopic (exact) mass is 220 g/mol. The molecule has 1 aromatic rings. The molecular formula is C12H12O2S. The maximum absolute atomic E-state index is 11.4. The maximum Gasteiger partial charge on any atom is 0.345 e. The smallest absolute Gasteiger partial charge is 0.345 e. The van der Waals surface area contributed by atoms with Gasteiger partial charge in [0.05, 0.1) is 4.91 Å². The van der Waals surface area contributed by atoms with Crippen molar-refractivity contribution in [3.05, 3.63) is 41.3 Å². The third-order valence-corrected chi connectivity index (χ3v) is 3.20. The highest BCUT2D eigenvalue weighted by atomic mass is 32.2. The molecule has 0 spiro atoms. The molecular weight excluding hydrogens is 208 g/mol.